The Morgan fingerprint density at radius 1 is 1.50 bits per heavy atom. The van der Waals surface area contributed by atoms with Crippen LogP contribution < -0.4 is 0 Å². The predicted molar refractivity (Wildman–Crippen MR) is 68.3 cm³/mol. The summed E-state index contributed by atoms with van der Waals surface area (Å²) in [5.74, 6) is 0.0198. The molecule has 1 atom stereocenters. The molecule has 2 aromatic rings. The standard InChI is InChI=1S/C12H13ClN4O/c1-8(9-4-3-5-10(13)6-9)17(2)12(18)11-14-7-15-16-11/h3-8H,1-2H3,(H,14,15,16). The SMILES string of the molecule is CC(c1cccc(Cl)c1)N(C)C(=O)c1ncn[nH]1. The van der Waals surface area contributed by atoms with Crippen molar-refractivity contribution in [3.8, 4) is 0 Å². The minimum atomic E-state index is -0.208. The quantitative estimate of drug-likeness (QED) is 0.925. The van der Waals surface area contributed by atoms with Crippen LogP contribution in [-0.4, -0.2) is 33.0 Å². The molecular formula is C12H13ClN4O. The van der Waals surface area contributed by atoms with E-state index in [9.17, 15) is 4.79 Å². The van der Waals surface area contributed by atoms with Gasteiger partial charge in [0.15, 0.2) is 0 Å². The summed E-state index contributed by atoms with van der Waals surface area (Å²) in [5, 5.41) is 6.88. The van der Waals surface area contributed by atoms with E-state index >= 15 is 0 Å². The summed E-state index contributed by atoms with van der Waals surface area (Å²) in [7, 11) is 1.72. The Labute approximate surface area is 110 Å². The molecule has 0 spiro atoms. The second kappa shape index (κ2) is 5.18. The van der Waals surface area contributed by atoms with Crippen molar-refractivity contribution in [3.05, 3.63) is 47.0 Å². The molecule has 0 saturated heterocycles. The third kappa shape index (κ3) is 2.51. The van der Waals surface area contributed by atoms with Crippen LogP contribution in [0.4, 0.5) is 0 Å². The first-order valence-electron chi connectivity index (χ1n) is 5.47. The van der Waals surface area contributed by atoms with Gasteiger partial charge in [0.2, 0.25) is 5.82 Å². The third-order valence-electron chi connectivity index (χ3n) is 2.85. The molecule has 6 heteroatoms. The predicted octanol–water partition coefficient (Wildman–Crippen LogP) is 2.29. The minimum absolute atomic E-state index is 0.0960. The van der Waals surface area contributed by atoms with E-state index in [-0.39, 0.29) is 17.8 Å². The number of carbonyl (C=O) groups is 1. The van der Waals surface area contributed by atoms with Gasteiger partial charge in [0.1, 0.15) is 6.33 Å². The summed E-state index contributed by atoms with van der Waals surface area (Å²) in [6, 6.07) is 7.34. The van der Waals surface area contributed by atoms with E-state index in [0.29, 0.717) is 5.02 Å². The first-order valence-corrected chi connectivity index (χ1v) is 5.85. The van der Waals surface area contributed by atoms with Crippen LogP contribution in [-0.2, 0) is 0 Å². The van der Waals surface area contributed by atoms with Gasteiger partial charge in [-0.15, -0.1) is 0 Å². The number of hydrogen-bond donors (Lipinski definition) is 1. The Balaban J connectivity index is 2.18. The number of benzene rings is 1. The van der Waals surface area contributed by atoms with Crippen molar-refractivity contribution in [2.24, 2.45) is 0 Å². The molecular weight excluding hydrogens is 252 g/mol. The highest BCUT2D eigenvalue weighted by molar-refractivity contribution is 6.30. The van der Waals surface area contributed by atoms with Gasteiger partial charge in [0.25, 0.3) is 5.91 Å². The van der Waals surface area contributed by atoms with Crippen LogP contribution in [0.15, 0.2) is 30.6 Å². The summed E-state index contributed by atoms with van der Waals surface area (Å²) < 4.78 is 0. The summed E-state index contributed by atoms with van der Waals surface area (Å²) in [6.07, 6.45) is 1.31. The monoisotopic (exact) mass is 264 g/mol. The molecule has 1 aromatic heterocycles. The van der Waals surface area contributed by atoms with E-state index in [1.807, 2.05) is 25.1 Å². The van der Waals surface area contributed by atoms with Crippen molar-refractivity contribution >= 4 is 17.5 Å². The normalized spacial score (nSPS) is 12.2. The molecule has 2 rings (SSSR count). The second-order valence-corrected chi connectivity index (χ2v) is 4.42. The molecule has 0 radical (unpaired) electrons. The van der Waals surface area contributed by atoms with Gasteiger partial charge in [-0.2, -0.15) is 5.10 Å². The number of amides is 1. The maximum atomic E-state index is 12.1. The number of nitrogens with one attached hydrogen (secondary N) is 1. The Morgan fingerprint density at radius 2 is 2.28 bits per heavy atom. The molecule has 1 aromatic carbocycles. The van der Waals surface area contributed by atoms with Gasteiger partial charge >= 0.3 is 0 Å². The lowest BCUT2D eigenvalue weighted by atomic mass is 10.1. The number of nitrogens with zero attached hydrogens (tertiary/aromatic N) is 3. The molecule has 0 aliphatic rings. The molecule has 1 unspecified atom stereocenters. The topological polar surface area (TPSA) is 61.9 Å². The van der Waals surface area contributed by atoms with Crippen LogP contribution in [0.2, 0.25) is 5.02 Å². The highest BCUT2D eigenvalue weighted by Gasteiger charge is 2.20. The fourth-order valence-electron chi connectivity index (χ4n) is 1.64. The van der Waals surface area contributed by atoms with Gasteiger partial charge in [-0.3, -0.25) is 9.89 Å². The number of aromatic nitrogens is 3. The second-order valence-electron chi connectivity index (χ2n) is 3.98. The Morgan fingerprint density at radius 3 is 2.89 bits per heavy atom. The van der Waals surface area contributed by atoms with Crippen molar-refractivity contribution in [2.75, 3.05) is 7.05 Å². The fraction of sp³-hybridized carbons (Fsp3) is 0.250. The van der Waals surface area contributed by atoms with Gasteiger partial charge in [-0.05, 0) is 24.6 Å². The van der Waals surface area contributed by atoms with Crippen LogP contribution in [0.1, 0.15) is 29.1 Å². The third-order valence-corrected chi connectivity index (χ3v) is 3.09. The van der Waals surface area contributed by atoms with Gasteiger partial charge in [-0.1, -0.05) is 23.7 Å². The van der Waals surface area contributed by atoms with E-state index in [2.05, 4.69) is 15.2 Å². The maximum Gasteiger partial charge on any atom is 0.291 e. The average Bonchev–Trinajstić information content (AvgIpc) is 2.90. The van der Waals surface area contributed by atoms with Crippen molar-refractivity contribution in [1.29, 1.82) is 0 Å². The maximum absolute atomic E-state index is 12.1. The zero-order valence-electron chi connectivity index (χ0n) is 10.1. The van der Waals surface area contributed by atoms with Gasteiger partial charge in [-0.25, -0.2) is 4.98 Å². The lowest BCUT2D eigenvalue weighted by Crippen LogP contribution is -2.30. The van der Waals surface area contributed by atoms with Crippen LogP contribution in [0.5, 0.6) is 0 Å². The summed E-state index contributed by atoms with van der Waals surface area (Å²) in [4.78, 5) is 17.5. The first-order chi connectivity index (χ1) is 8.59. The van der Waals surface area contributed by atoms with Gasteiger partial charge < -0.3 is 4.90 Å². The van der Waals surface area contributed by atoms with Crippen molar-refractivity contribution in [2.45, 2.75) is 13.0 Å². The molecule has 94 valence electrons. The molecule has 18 heavy (non-hydrogen) atoms. The minimum Gasteiger partial charge on any atom is -0.332 e. The summed E-state index contributed by atoms with van der Waals surface area (Å²) in [5.41, 5.74) is 0.970. The van der Waals surface area contributed by atoms with E-state index in [0.717, 1.165) is 5.56 Å². The zero-order chi connectivity index (χ0) is 13.1. The molecule has 0 aliphatic heterocycles. The number of rotatable bonds is 3. The Kier molecular flexibility index (Phi) is 3.62. The molecule has 1 amide bonds. The van der Waals surface area contributed by atoms with Crippen LogP contribution in [0.25, 0.3) is 0 Å². The van der Waals surface area contributed by atoms with E-state index in [4.69, 9.17) is 11.6 Å². The lowest BCUT2D eigenvalue weighted by molar-refractivity contribution is 0.0730. The molecule has 0 aliphatic carbocycles. The van der Waals surface area contributed by atoms with Crippen LogP contribution >= 0.6 is 11.6 Å². The van der Waals surface area contributed by atoms with E-state index < -0.39 is 0 Å². The number of carbonyl (C=O) groups excluding carboxylic acids is 1. The number of halogens is 1. The van der Waals surface area contributed by atoms with E-state index in [1.54, 1.807) is 18.0 Å². The fourth-order valence-corrected chi connectivity index (χ4v) is 1.84. The molecule has 0 fully saturated rings. The number of hydrogen-bond acceptors (Lipinski definition) is 3. The highest BCUT2D eigenvalue weighted by Crippen LogP contribution is 2.22. The van der Waals surface area contributed by atoms with Crippen molar-refractivity contribution < 1.29 is 4.79 Å². The largest absolute Gasteiger partial charge is 0.332 e. The molecule has 0 saturated carbocycles. The highest BCUT2D eigenvalue weighted by atomic mass is 35.5. The molecule has 1 heterocycles. The molecule has 0 bridgehead atoms. The lowest BCUT2D eigenvalue weighted by Gasteiger charge is -2.24. The Bertz CT molecular complexity index is 541. The van der Waals surface area contributed by atoms with Crippen molar-refractivity contribution in [1.82, 2.24) is 20.1 Å². The number of H-pyrrole nitrogens is 1. The molecule has 1 N–H and O–H groups in total. The van der Waals surface area contributed by atoms with E-state index in [1.165, 1.54) is 6.33 Å². The smallest absolute Gasteiger partial charge is 0.291 e. The van der Waals surface area contributed by atoms with Crippen molar-refractivity contribution in [3.63, 3.8) is 0 Å². The van der Waals surface area contributed by atoms with Crippen LogP contribution in [0.3, 0.4) is 0 Å². The summed E-state index contributed by atoms with van der Waals surface area (Å²) >= 11 is 5.94. The zero-order valence-corrected chi connectivity index (χ0v) is 10.8. The van der Waals surface area contributed by atoms with Gasteiger partial charge in [0.05, 0.1) is 6.04 Å². The van der Waals surface area contributed by atoms with Gasteiger partial charge in [0, 0.05) is 12.1 Å². The average molecular weight is 265 g/mol. The molecule has 5 nitrogen and oxygen atoms in total. The number of aromatic amines is 1. The summed E-state index contributed by atoms with van der Waals surface area (Å²) in [6.45, 7) is 1.93. The Hall–Kier alpha value is -1.88. The first kappa shape index (κ1) is 12.6. The van der Waals surface area contributed by atoms with Crippen LogP contribution in [0, 0.1) is 0 Å².